The molecule has 5 nitrogen and oxygen atoms in total. The lowest BCUT2D eigenvalue weighted by Crippen LogP contribution is -2.43. The standard InChI is InChI=1S/C15H12Cl2N2O3S/c16-8-1-2-10(11(17)5-8)13-18-9(7-23-13)6-12(20)19-15(3-4-15)14(21)22/h1-2,5,7H,3-4,6H2,(H,19,20)(H,21,22). The highest BCUT2D eigenvalue weighted by atomic mass is 35.5. The lowest BCUT2D eigenvalue weighted by atomic mass is 10.2. The van der Waals surface area contributed by atoms with Crippen LogP contribution in [0.3, 0.4) is 0 Å². The van der Waals surface area contributed by atoms with Gasteiger partial charge in [-0.15, -0.1) is 11.3 Å². The Balaban J connectivity index is 1.70. The zero-order valence-electron chi connectivity index (χ0n) is 11.8. The smallest absolute Gasteiger partial charge is 0.329 e. The predicted molar refractivity (Wildman–Crippen MR) is 89.0 cm³/mol. The first-order valence-corrected chi connectivity index (χ1v) is 8.47. The van der Waals surface area contributed by atoms with Crippen molar-refractivity contribution in [2.24, 2.45) is 0 Å². The number of hydrogen-bond donors (Lipinski definition) is 2. The van der Waals surface area contributed by atoms with Gasteiger partial charge in [-0.3, -0.25) is 4.79 Å². The number of carboxylic acids is 1. The minimum Gasteiger partial charge on any atom is -0.480 e. The summed E-state index contributed by atoms with van der Waals surface area (Å²) in [4.78, 5) is 27.4. The fourth-order valence-corrected chi connectivity index (χ4v) is 3.58. The minimum atomic E-state index is -1.07. The van der Waals surface area contributed by atoms with Gasteiger partial charge in [0, 0.05) is 16.0 Å². The average Bonchev–Trinajstić information content (AvgIpc) is 3.11. The molecule has 1 heterocycles. The number of nitrogens with one attached hydrogen (secondary N) is 1. The zero-order valence-corrected chi connectivity index (χ0v) is 14.1. The fraction of sp³-hybridized carbons (Fsp3) is 0.267. The molecule has 0 aliphatic heterocycles. The van der Waals surface area contributed by atoms with Gasteiger partial charge in [0.2, 0.25) is 5.91 Å². The Labute approximate surface area is 146 Å². The monoisotopic (exact) mass is 370 g/mol. The maximum atomic E-state index is 12.0. The number of rotatable bonds is 5. The van der Waals surface area contributed by atoms with E-state index < -0.39 is 11.5 Å². The van der Waals surface area contributed by atoms with E-state index in [1.165, 1.54) is 11.3 Å². The highest BCUT2D eigenvalue weighted by Gasteiger charge is 2.51. The number of thiazole rings is 1. The van der Waals surface area contributed by atoms with Crippen molar-refractivity contribution >= 4 is 46.4 Å². The van der Waals surface area contributed by atoms with Gasteiger partial charge in [-0.2, -0.15) is 0 Å². The molecule has 1 aromatic carbocycles. The molecule has 1 aromatic heterocycles. The van der Waals surface area contributed by atoms with Crippen molar-refractivity contribution in [2.75, 3.05) is 0 Å². The van der Waals surface area contributed by atoms with Gasteiger partial charge in [-0.1, -0.05) is 23.2 Å². The highest BCUT2D eigenvalue weighted by Crippen LogP contribution is 2.36. The van der Waals surface area contributed by atoms with Crippen molar-refractivity contribution < 1.29 is 14.7 Å². The van der Waals surface area contributed by atoms with E-state index in [2.05, 4.69) is 10.3 Å². The van der Waals surface area contributed by atoms with Crippen LogP contribution >= 0.6 is 34.5 Å². The summed E-state index contributed by atoms with van der Waals surface area (Å²) in [5, 5.41) is 15.1. The third-order valence-electron chi connectivity index (χ3n) is 3.59. The van der Waals surface area contributed by atoms with Crippen molar-refractivity contribution in [1.29, 1.82) is 0 Å². The molecule has 120 valence electrons. The Kier molecular flexibility index (Phi) is 4.31. The van der Waals surface area contributed by atoms with Gasteiger partial charge in [-0.25, -0.2) is 9.78 Å². The van der Waals surface area contributed by atoms with Crippen LogP contribution < -0.4 is 5.32 Å². The van der Waals surface area contributed by atoms with Gasteiger partial charge in [0.25, 0.3) is 0 Å². The van der Waals surface area contributed by atoms with Crippen LogP contribution in [0.25, 0.3) is 10.6 Å². The van der Waals surface area contributed by atoms with E-state index in [9.17, 15) is 9.59 Å². The summed E-state index contributed by atoms with van der Waals surface area (Å²) in [5.74, 6) is -1.33. The normalized spacial score (nSPS) is 15.2. The number of aromatic nitrogens is 1. The molecule has 1 amide bonds. The number of hydrogen-bond acceptors (Lipinski definition) is 4. The topological polar surface area (TPSA) is 79.3 Å². The Morgan fingerprint density at radius 1 is 1.35 bits per heavy atom. The van der Waals surface area contributed by atoms with Crippen molar-refractivity contribution in [1.82, 2.24) is 10.3 Å². The fourth-order valence-electron chi connectivity index (χ4n) is 2.17. The van der Waals surface area contributed by atoms with Crippen LogP contribution in [0.5, 0.6) is 0 Å². The van der Waals surface area contributed by atoms with Crippen molar-refractivity contribution in [2.45, 2.75) is 24.8 Å². The van der Waals surface area contributed by atoms with Gasteiger partial charge in [0.05, 0.1) is 17.1 Å². The maximum absolute atomic E-state index is 12.0. The summed E-state index contributed by atoms with van der Waals surface area (Å²) in [6.45, 7) is 0. The summed E-state index contributed by atoms with van der Waals surface area (Å²) >= 11 is 13.4. The first-order valence-electron chi connectivity index (χ1n) is 6.84. The SMILES string of the molecule is O=C(Cc1csc(-c2ccc(Cl)cc2Cl)n1)NC1(C(=O)O)CC1. The molecule has 0 unspecified atom stereocenters. The number of nitrogens with zero attached hydrogens (tertiary/aromatic N) is 1. The second-order valence-electron chi connectivity index (χ2n) is 5.38. The summed E-state index contributed by atoms with van der Waals surface area (Å²) < 4.78 is 0. The van der Waals surface area contributed by atoms with E-state index in [-0.39, 0.29) is 12.3 Å². The molecule has 0 radical (unpaired) electrons. The van der Waals surface area contributed by atoms with Crippen LogP contribution in [0.4, 0.5) is 0 Å². The maximum Gasteiger partial charge on any atom is 0.329 e. The van der Waals surface area contributed by atoms with E-state index in [4.69, 9.17) is 28.3 Å². The van der Waals surface area contributed by atoms with Gasteiger partial charge in [-0.05, 0) is 31.0 Å². The lowest BCUT2D eigenvalue weighted by Gasteiger charge is -2.11. The summed E-state index contributed by atoms with van der Waals surface area (Å²) in [5.41, 5.74) is 0.252. The van der Waals surface area contributed by atoms with Crippen LogP contribution in [0.1, 0.15) is 18.5 Å². The van der Waals surface area contributed by atoms with Crippen LogP contribution in [0, 0.1) is 0 Å². The molecule has 2 N–H and O–H groups in total. The molecule has 1 aliphatic carbocycles. The molecule has 0 saturated heterocycles. The molecule has 3 rings (SSSR count). The molecule has 2 aromatic rings. The van der Waals surface area contributed by atoms with Gasteiger partial charge in [0.1, 0.15) is 10.5 Å². The predicted octanol–water partition coefficient (Wildman–Crippen LogP) is 3.39. The second kappa shape index (κ2) is 6.11. The Hall–Kier alpha value is -1.63. The molecule has 0 atom stereocenters. The van der Waals surface area contributed by atoms with Gasteiger partial charge >= 0.3 is 5.97 Å². The minimum absolute atomic E-state index is 0.0384. The largest absolute Gasteiger partial charge is 0.480 e. The van der Waals surface area contributed by atoms with E-state index >= 15 is 0 Å². The summed E-state index contributed by atoms with van der Waals surface area (Å²) in [6.07, 6.45) is 0.976. The molecule has 0 bridgehead atoms. The third-order valence-corrected chi connectivity index (χ3v) is 5.07. The molecule has 8 heteroatoms. The zero-order chi connectivity index (χ0) is 16.6. The third kappa shape index (κ3) is 3.49. The van der Waals surface area contributed by atoms with Crippen LogP contribution in [0.2, 0.25) is 10.0 Å². The Morgan fingerprint density at radius 2 is 2.09 bits per heavy atom. The van der Waals surface area contributed by atoms with Crippen LogP contribution in [-0.2, 0) is 16.0 Å². The molecular weight excluding hydrogens is 359 g/mol. The van der Waals surface area contributed by atoms with Crippen molar-refractivity contribution in [3.63, 3.8) is 0 Å². The number of amides is 1. The number of carbonyl (C=O) groups excluding carboxylic acids is 1. The van der Waals surface area contributed by atoms with E-state index in [0.717, 1.165) is 5.56 Å². The number of carbonyl (C=O) groups is 2. The van der Waals surface area contributed by atoms with Crippen LogP contribution in [-0.4, -0.2) is 27.5 Å². The Morgan fingerprint density at radius 3 is 2.70 bits per heavy atom. The number of benzene rings is 1. The van der Waals surface area contributed by atoms with Gasteiger partial charge in [0.15, 0.2) is 0 Å². The van der Waals surface area contributed by atoms with E-state index in [1.54, 1.807) is 23.6 Å². The number of carboxylic acid groups (broad SMARTS) is 1. The lowest BCUT2D eigenvalue weighted by molar-refractivity contribution is -0.143. The molecule has 1 fully saturated rings. The molecule has 0 spiro atoms. The van der Waals surface area contributed by atoms with E-state index in [1.807, 2.05) is 0 Å². The average molecular weight is 371 g/mol. The first kappa shape index (κ1) is 16.2. The summed E-state index contributed by atoms with van der Waals surface area (Å²) in [7, 11) is 0. The van der Waals surface area contributed by atoms with Crippen molar-refractivity contribution in [3.05, 3.63) is 39.3 Å². The molecule has 1 saturated carbocycles. The summed E-state index contributed by atoms with van der Waals surface area (Å²) in [6, 6.07) is 5.13. The quantitative estimate of drug-likeness (QED) is 0.845. The van der Waals surface area contributed by atoms with E-state index in [0.29, 0.717) is 33.6 Å². The Bertz CT molecular complexity index is 787. The number of aliphatic carboxylic acids is 1. The molecule has 23 heavy (non-hydrogen) atoms. The first-order chi connectivity index (χ1) is 10.9. The molecule has 1 aliphatic rings. The molecular formula is C15H12Cl2N2O3S. The number of halogens is 2. The second-order valence-corrected chi connectivity index (χ2v) is 7.08. The van der Waals surface area contributed by atoms with Crippen molar-refractivity contribution in [3.8, 4) is 10.6 Å². The van der Waals surface area contributed by atoms with Gasteiger partial charge < -0.3 is 10.4 Å². The highest BCUT2D eigenvalue weighted by molar-refractivity contribution is 7.13. The van der Waals surface area contributed by atoms with Crippen LogP contribution in [0.15, 0.2) is 23.6 Å².